The van der Waals surface area contributed by atoms with Crippen molar-refractivity contribution in [1.82, 2.24) is 9.13 Å². The molecule has 2 heterocycles. The Morgan fingerprint density at radius 2 is 1.21 bits per heavy atom. The number of phenolic OH excluding ortho intramolecular Hbond substituents is 2. The number of aryl methyl sites for hydroxylation is 2. The molecule has 2 aromatic carbocycles. The molecule has 1 fully saturated rings. The van der Waals surface area contributed by atoms with Crippen LogP contribution in [0.4, 0.5) is 0 Å². The van der Waals surface area contributed by atoms with Crippen LogP contribution in [0.25, 0.3) is 0 Å². The quantitative estimate of drug-likeness (QED) is 0.192. The molecule has 2 unspecified atom stereocenters. The zero-order chi connectivity index (χ0) is 26.5. The van der Waals surface area contributed by atoms with E-state index in [0.717, 1.165) is 61.0 Å². The topological polar surface area (TPSA) is 82.8 Å². The van der Waals surface area contributed by atoms with E-state index < -0.39 is 0 Å². The average Bonchev–Trinajstić information content (AvgIpc) is 3.52. The fraction of sp³-hybridized carbons (Fsp3) is 0.333. The van der Waals surface area contributed by atoms with Crippen molar-refractivity contribution in [1.29, 1.82) is 0 Å². The minimum atomic E-state index is 0. The Labute approximate surface area is 240 Å². The summed E-state index contributed by atoms with van der Waals surface area (Å²) in [5.74, 6) is 0.453. The summed E-state index contributed by atoms with van der Waals surface area (Å²) < 4.78 is 8.21. The number of benzene rings is 2. The number of hydrogen-bond donors (Lipinski definition) is 2. The van der Waals surface area contributed by atoms with Crippen molar-refractivity contribution in [2.24, 2.45) is 24.1 Å². The van der Waals surface area contributed by atoms with Crippen LogP contribution in [0, 0.1) is 0 Å². The molecule has 8 nitrogen and oxygen atoms in total. The van der Waals surface area contributed by atoms with Crippen LogP contribution >= 0.6 is 0 Å². The molecule has 1 aliphatic rings. The summed E-state index contributed by atoms with van der Waals surface area (Å²) in [6.07, 6.45) is 19.8. The molecule has 0 spiro atoms. The van der Waals surface area contributed by atoms with E-state index in [4.69, 9.17) is 9.98 Å². The van der Waals surface area contributed by atoms with Gasteiger partial charge < -0.3 is 10.2 Å². The summed E-state index contributed by atoms with van der Waals surface area (Å²) in [6, 6.07) is 11.4. The first-order chi connectivity index (χ1) is 18.4. The number of aromatic hydroxyl groups is 2. The molecular formula is C30H36CuN6O2+2. The first-order valence-electron chi connectivity index (χ1n) is 13.1. The number of imidazole rings is 2. The molecule has 2 aromatic heterocycles. The third-order valence-electron chi connectivity index (χ3n) is 7.07. The van der Waals surface area contributed by atoms with Gasteiger partial charge in [0.2, 0.25) is 12.7 Å². The molecule has 0 amide bonds. The van der Waals surface area contributed by atoms with Crippen LogP contribution < -0.4 is 9.13 Å². The van der Waals surface area contributed by atoms with E-state index in [1.807, 2.05) is 84.9 Å². The third-order valence-corrected chi connectivity index (χ3v) is 7.07. The van der Waals surface area contributed by atoms with Gasteiger partial charge in [-0.2, -0.15) is 0 Å². The number of aliphatic imine (C=N–C) groups is 2. The molecule has 2 atom stereocenters. The van der Waals surface area contributed by atoms with Gasteiger partial charge in [-0.15, -0.1) is 0 Å². The molecule has 5 rings (SSSR count). The van der Waals surface area contributed by atoms with E-state index in [1.165, 1.54) is 0 Å². The molecule has 1 radical (unpaired) electrons. The van der Waals surface area contributed by atoms with Crippen LogP contribution in [0.1, 0.15) is 47.9 Å². The molecule has 0 aliphatic heterocycles. The number of hydrogen-bond acceptors (Lipinski definition) is 4. The number of aromatic nitrogens is 4. The summed E-state index contributed by atoms with van der Waals surface area (Å²) >= 11 is 0. The van der Waals surface area contributed by atoms with Gasteiger partial charge in [-0.3, -0.25) is 9.98 Å². The Hall–Kier alpha value is -3.68. The van der Waals surface area contributed by atoms with Gasteiger partial charge in [0.05, 0.1) is 26.2 Å². The molecule has 4 aromatic rings. The standard InChI is InChI=1S/C30H34N6O2.Cu/c1-33-11-13-35(21-33)19-23-7-9-29(37)25(15-23)17-31-27-5-3-4-6-28(27)32-18-26-16-24(8-10-30(26)38)20-36-14-12-34(2)22-36;/h7-18,21-22,27-28H,3-6,19-20H2,1-2H3;/p+2. The predicted octanol–water partition coefficient (Wildman–Crippen LogP) is 3.29. The van der Waals surface area contributed by atoms with Crippen molar-refractivity contribution < 1.29 is 36.4 Å². The van der Waals surface area contributed by atoms with Gasteiger partial charge in [0, 0.05) is 40.6 Å². The smallest absolute Gasteiger partial charge is 0.243 e. The number of phenols is 2. The second kappa shape index (κ2) is 12.9. The normalized spacial score (nSPS) is 17.6. The second-order valence-corrected chi connectivity index (χ2v) is 10.3. The first kappa shape index (κ1) is 28.3. The molecule has 2 N–H and O–H groups in total. The second-order valence-electron chi connectivity index (χ2n) is 10.3. The number of nitrogens with zero attached hydrogens (tertiary/aromatic N) is 6. The van der Waals surface area contributed by atoms with Gasteiger partial charge in [0.25, 0.3) is 0 Å². The van der Waals surface area contributed by atoms with Crippen LogP contribution in [-0.4, -0.2) is 43.9 Å². The van der Waals surface area contributed by atoms with Crippen molar-refractivity contribution >= 4 is 12.4 Å². The zero-order valence-corrected chi connectivity index (χ0v) is 23.3. The summed E-state index contributed by atoms with van der Waals surface area (Å²) in [5.41, 5.74) is 3.64. The minimum absolute atomic E-state index is 0. The van der Waals surface area contributed by atoms with E-state index in [-0.39, 0.29) is 40.7 Å². The van der Waals surface area contributed by atoms with Gasteiger partial charge in [0.1, 0.15) is 49.4 Å². The van der Waals surface area contributed by atoms with Crippen LogP contribution in [0.15, 0.2) is 83.8 Å². The summed E-state index contributed by atoms with van der Waals surface area (Å²) in [6.45, 7) is 1.45. The van der Waals surface area contributed by atoms with Crippen LogP contribution in [0.3, 0.4) is 0 Å². The van der Waals surface area contributed by atoms with E-state index in [9.17, 15) is 10.2 Å². The molecule has 207 valence electrons. The van der Waals surface area contributed by atoms with Crippen LogP contribution in [0.5, 0.6) is 11.5 Å². The maximum atomic E-state index is 10.5. The van der Waals surface area contributed by atoms with E-state index in [0.29, 0.717) is 0 Å². The Morgan fingerprint density at radius 1 is 0.769 bits per heavy atom. The molecule has 39 heavy (non-hydrogen) atoms. The molecule has 0 saturated heterocycles. The number of rotatable bonds is 8. The van der Waals surface area contributed by atoms with Gasteiger partial charge in [0.15, 0.2) is 0 Å². The molecular weight excluding hydrogens is 540 g/mol. The Kier molecular flexibility index (Phi) is 9.38. The molecule has 1 aliphatic carbocycles. The average molecular weight is 576 g/mol. The van der Waals surface area contributed by atoms with E-state index >= 15 is 0 Å². The summed E-state index contributed by atoms with van der Waals surface area (Å²) in [4.78, 5) is 9.76. The van der Waals surface area contributed by atoms with Crippen LogP contribution in [-0.2, 0) is 44.3 Å². The fourth-order valence-electron chi connectivity index (χ4n) is 5.02. The molecule has 1 saturated carbocycles. The van der Waals surface area contributed by atoms with Gasteiger partial charge in [-0.05, 0) is 48.2 Å². The minimum Gasteiger partial charge on any atom is -0.507 e. The van der Waals surface area contributed by atoms with Crippen molar-refractivity contribution in [2.75, 3.05) is 0 Å². The van der Waals surface area contributed by atoms with Gasteiger partial charge in [-0.25, -0.2) is 18.3 Å². The fourth-order valence-corrected chi connectivity index (χ4v) is 5.02. The summed E-state index contributed by atoms with van der Waals surface area (Å²) in [7, 11) is 3.99. The molecule has 9 heteroatoms. The zero-order valence-electron chi connectivity index (χ0n) is 22.4. The van der Waals surface area contributed by atoms with E-state index in [1.54, 1.807) is 24.6 Å². The predicted molar refractivity (Wildman–Crippen MR) is 147 cm³/mol. The SMILES string of the molecule is C[n+]1ccn(Cc2ccc(O)c(C=NC3CCCCC3N=Cc3cc(Cn4cc[n+](C)c4)ccc3O)c2)c1.[Cu]. The maximum Gasteiger partial charge on any atom is 0.243 e. The maximum absolute atomic E-state index is 10.5. The Morgan fingerprint density at radius 3 is 1.59 bits per heavy atom. The van der Waals surface area contributed by atoms with Gasteiger partial charge in [-0.1, -0.05) is 25.0 Å². The van der Waals surface area contributed by atoms with Crippen molar-refractivity contribution in [3.63, 3.8) is 0 Å². The molecule has 0 bridgehead atoms. The largest absolute Gasteiger partial charge is 0.507 e. The van der Waals surface area contributed by atoms with Gasteiger partial charge >= 0.3 is 0 Å². The monoisotopic (exact) mass is 575 g/mol. The van der Waals surface area contributed by atoms with Crippen LogP contribution in [0.2, 0.25) is 0 Å². The van der Waals surface area contributed by atoms with Crippen molar-refractivity contribution in [3.05, 3.63) is 96.1 Å². The Balaban J connectivity index is 0.00000353. The van der Waals surface area contributed by atoms with Crippen molar-refractivity contribution in [3.8, 4) is 11.5 Å². The Bertz CT molecular complexity index is 1350. The first-order valence-corrected chi connectivity index (χ1v) is 13.1. The van der Waals surface area contributed by atoms with Crippen molar-refractivity contribution in [2.45, 2.75) is 50.9 Å². The van der Waals surface area contributed by atoms with E-state index in [2.05, 4.69) is 9.13 Å². The third kappa shape index (κ3) is 7.46. The summed E-state index contributed by atoms with van der Waals surface area (Å²) in [5, 5.41) is 20.9.